The van der Waals surface area contributed by atoms with Crippen LogP contribution in [-0.4, -0.2) is 23.7 Å². The van der Waals surface area contributed by atoms with Crippen molar-refractivity contribution >= 4 is 17.5 Å². The van der Waals surface area contributed by atoms with E-state index in [9.17, 15) is 9.90 Å². The fourth-order valence-electron chi connectivity index (χ4n) is 2.22. The van der Waals surface area contributed by atoms with Crippen LogP contribution in [0.4, 0.5) is 0 Å². The molecule has 1 aromatic carbocycles. The quantitative estimate of drug-likeness (QED) is 0.898. The van der Waals surface area contributed by atoms with E-state index < -0.39 is 6.10 Å². The zero-order valence-electron chi connectivity index (χ0n) is 11.7. The van der Waals surface area contributed by atoms with Gasteiger partial charge in [-0.3, -0.25) is 4.79 Å². The number of rotatable bonds is 4. The minimum absolute atomic E-state index is 0.0668. The third-order valence-electron chi connectivity index (χ3n) is 3.53. The van der Waals surface area contributed by atoms with Gasteiger partial charge < -0.3 is 15.2 Å². The molecule has 1 aliphatic rings. The molecule has 4 nitrogen and oxygen atoms in total. The first-order valence-electron chi connectivity index (χ1n) is 6.87. The first kappa shape index (κ1) is 15.1. The third-order valence-corrected chi connectivity index (χ3v) is 3.82. The molecule has 0 spiro atoms. The maximum Gasteiger partial charge on any atom is 0.223 e. The molecule has 0 bridgehead atoms. The number of ether oxygens (including phenoxy) is 1. The van der Waals surface area contributed by atoms with Crippen molar-refractivity contribution in [1.29, 1.82) is 0 Å². The molecule has 20 heavy (non-hydrogen) atoms. The van der Waals surface area contributed by atoms with Gasteiger partial charge in [-0.2, -0.15) is 0 Å². The fourth-order valence-corrected chi connectivity index (χ4v) is 2.45. The Bertz CT molecular complexity index is 490. The largest absolute Gasteiger partial charge is 0.492 e. The van der Waals surface area contributed by atoms with E-state index >= 15 is 0 Å². The Morgan fingerprint density at radius 1 is 1.55 bits per heavy atom. The SMILES string of the molecule is CC(C)C(O)CC(=O)NC1CCOc2c(Cl)cccc21. The van der Waals surface area contributed by atoms with Gasteiger partial charge in [0.1, 0.15) is 5.75 Å². The summed E-state index contributed by atoms with van der Waals surface area (Å²) in [6.45, 7) is 4.30. The van der Waals surface area contributed by atoms with Crippen LogP contribution in [0.15, 0.2) is 18.2 Å². The number of aliphatic hydroxyl groups excluding tert-OH is 1. The number of para-hydroxylation sites is 1. The van der Waals surface area contributed by atoms with E-state index in [1.807, 2.05) is 26.0 Å². The number of aliphatic hydroxyl groups is 1. The van der Waals surface area contributed by atoms with E-state index in [-0.39, 0.29) is 24.3 Å². The monoisotopic (exact) mass is 297 g/mol. The summed E-state index contributed by atoms with van der Waals surface area (Å²) in [6.07, 6.45) is 0.204. The number of fused-ring (bicyclic) bond motifs is 1. The fraction of sp³-hybridized carbons (Fsp3) is 0.533. The Labute approximate surface area is 124 Å². The summed E-state index contributed by atoms with van der Waals surface area (Å²) in [4.78, 5) is 12.0. The van der Waals surface area contributed by atoms with Gasteiger partial charge in [0.15, 0.2) is 0 Å². The van der Waals surface area contributed by atoms with Gasteiger partial charge in [-0.15, -0.1) is 0 Å². The number of carbonyl (C=O) groups is 1. The molecule has 0 aromatic heterocycles. The van der Waals surface area contributed by atoms with E-state index in [0.29, 0.717) is 23.8 Å². The third kappa shape index (κ3) is 3.44. The van der Waals surface area contributed by atoms with E-state index in [4.69, 9.17) is 16.3 Å². The minimum Gasteiger partial charge on any atom is -0.492 e. The highest BCUT2D eigenvalue weighted by Crippen LogP contribution is 2.37. The lowest BCUT2D eigenvalue weighted by molar-refractivity contribution is -0.124. The van der Waals surface area contributed by atoms with Gasteiger partial charge in [-0.25, -0.2) is 0 Å². The standard InChI is InChI=1S/C15H20ClNO3/c1-9(2)13(18)8-14(19)17-12-6-7-20-15-10(12)4-3-5-11(15)16/h3-5,9,12-13,18H,6-8H2,1-2H3,(H,17,19). The highest BCUT2D eigenvalue weighted by molar-refractivity contribution is 6.32. The molecule has 0 aliphatic carbocycles. The van der Waals surface area contributed by atoms with E-state index in [1.54, 1.807) is 6.07 Å². The molecule has 2 rings (SSSR count). The first-order chi connectivity index (χ1) is 9.49. The van der Waals surface area contributed by atoms with Crippen LogP contribution in [0.25, 0.3) is 0 Å². The Kier molecular flexibility index (Phi) is 4.89. The second-order valence-corrected chi connectivity index (χ2v) is 5.84. The molecule has 1 heterocycles. The normalized spacial score (nSPS) is 19.1. The number of hydrogen-bond acceptors (Lipinski definition) is 3. The maximum absolute atomic E-state index is 12.0. The van der Waals surface area contributed by atoms with Crippen molar-refractivity contribution in [2.75, 3.05) is 6.61 Å². The molecule has 0 fully saturated rings. The average Bonchev–Trinajstić information content (AvgIpc) is 2.39. The number of halogens is 1. The van der Waals surface area contributed by atoms with Crippen LogP contribution in [0.5, 0.6) is 5.75 Å². The molecule has 110 valence electrons. The van der Waals surface area contributed by atoms with Crippen LogP contribution in [0.3, 0.4) is 0 Å². The van der Waals surface area contributed by atoms with Crippen molar-refractivity contribution in [3.8, 4) is 5.75 Å². The van der Waals surface area contributed by atoms with Crippen LogP contribution in [0, 0.1) is 5.92 Å². The predicted octanol–water partition coefficient (Wildman–Crippen LogP) is 2.69. The molecular formula is C15H20ClNO3. The van der Waals surface area contributed by atoms with E-state index in [1.165, 1.54) is 0 Å². The summed E-state index contributed by atoms with van der Waals surface area (Å²) in [5, 5.41) is 13.3. The Hall–Kier alpha value is -1.26. The van der Waals surface area contributed by atoms with Gasteiger partial charge >= 0.3 is 0 Å². The van der Waals surface area contributed by atoms with Crippen LogP contribution < -0.4 is 10.1 Å². The molecule has 2 N–H and O–H groups in total. The number of nitrogens with one attached hydrogen (secondary N) is 1. The number of hydrogen-bond donors (Lipinski definition) is 2. The molecule has 2 atom stereocenters. The summed E-state index contributed by atoms with van der Waals surface area (Å²) in [6, 6.07) is 5.42. The number of carbonyl (C=O) groups excluding carboxylic acids is 1. The molecule has 1 aromatic rings. The zero-order chi connectivity index (χ0) is 14.7. The summed E-state index contributed by atoms with van der Waals surface area (Å²) >= 11 is 6.09. The smallest absolute Gasteiger partial charge is 0.223 e. The zero-order valence-corrected chi connectivity index (χ0v) is 12.5. The van der Waals surface area contributed by atoms with E-state index in [0.717, 1.165) is 5.56 Å². The summed E-state index contributed by atoms with van der Waals surface area (Å²) in [5.74, 6) is 0.566. The van der Waals surface area contributed by atoms with Gasteiger partial charge in [-0.05, 0) is 12.0 Å². The minimum atomic E-state index is -0.617. The molecular weight excluding hydrogens is 278 g/mol. The van der Waals surface area contributed by atoms with Crippen molar-refractivity contribution in [2.24, 2.45) is 5.92 Å². The molecule has 0 saturated carbocycles. The van der Waals surface area contributed by atoms with Gasteiger partial charge in [0.2, 0.25) is 5.91 Å². The average molecular weight is 298 g/mol. The Balaban J connectivity index is 2.05. The molecule has 2 unspecified atom stereocenters. The maximum atomic E-state index is 12.0. The highest BCUT2D eigenvalue weighted by atomic mass is 35.5. The first-order valence-corrected chi connectivity index (χ1v) is 7.25. The second-order valence-electron chi connectivity index (χ2n) is 5.43. The lowest BCUT2D eigenvalue weighted by Crippen LogP contribution is -2.35. The Morgan fingerprint density at radius 2 is 2.30 bits per heavy atom. The molecule has 0 radical (unpaired) electrons. The lowest BCUT2D eigenvalue weighted by atomic mass is 9.99. The van der Waals surface area contributed by atoms with Crippen LogP contribution in [-0.2, 0) is 4.79 Å². The van der Waals surface area contributed by atoms with Gasteiger partial charge in [0.05, 0.1) is 30.2 Å². The lowest BCUT2D eigenvalue weighted by Gasteiger charge is -2.27. The van der Waals surface area contributed by atoms with E-state index in [2.05, 4.69) is 5.32 Å². The van der Waals surface area contributed by atoms with Crippen molar-refractivity contribution in [1.82, 2.24) is 5.32 Å². The second kappa shape index (κ2) is 6.46. The van der Waals surface area contributed by atoms with Crippen molar-refractivity contribution < 1.29 is 14.6 Å². The number of benzene rings is 1. The van der Waals surface area contributed by atoms with Crippen LogP contribution in [0.1, 0.15) is 38.3 Å². The van der Waals surface area contributed by atoms with Crippen LogP contribution >= 0.6 is 11.6 Å². The summed E-state index contributed by atoms with van der Waals surface area (Å²) in [5.41, 5.74) is 0.899. The molecule has 0 saturated heterocycles. The van der Waals surface area contributed by atoms with Crippen molar-refractivity contribution in [3.63, 3.8) is 0 Å². The molecule has 1 amide bonds. The van der Waals surface area contributed by atoms with Gasteiger partial charge in [-0.1, -0.05) is 37.6 Å². The number of amides is 1. The van der Waals surface area contributed by atoms with Gasteiger partial charge in [0.25, 0.3) is 0 Å². The Morgan fingerprint density at radius 3 is 3.00 bits per heavy atom. The predicted molar refractivity (Wildman–Crippen MR) is 77.9 cm³/mol. The summed E-state index contributed by atoms with van der Waals surface area (Å²) in [7, 11) is 0. The highest BCUT2D eigenvalue weighted by Gasteiger charge is 2.25. The molecule has 1 aliphatic heterocycles. The van der Waals surface area contributed by atoms with Crippen molar-refractivity contribution in [3.05, 3.63) is 28.8 Å². The topological polar surface area (TPSA) is 58.6 Å². The van der Waals surface area contributed by atoms with Crippen molar-refractivity contribution in [2.45, 2.75) is 38.8 Å². The van der Waals surface area contributed by atoms with Gasteiger partial charge in [0, 0.05) is 12.0 Å². The summed E-state index contributed by atoms with van der Waals surface area (Å²) < 4.78 is 5.55. The van der Waals surface area contributed by atoms with Crippen LogP contribution in [0.2, 0.25) is 5.02 Å². The molecule has 5 heteroatoms.